The van der Waals surface area contributed by atoms with E-state index in [1.54, 1.807) is 45.9 Å². The maximum absolute atomic E-state index is 13.4. The molecule has 1 N–H and O–H groups in total. The number of rotatable bonds is 4. The van der Waals surface area contributed by atoms with Crippen LogP contribution in [0.25, 0.3) is 11.5 Å². The molecule has 1 aliphatic heterocycles. The van der Waals surface area contributed by atoms with Crippen molar-refractivity contribution in [2.75, 3.05) is 18.5 Å². The third-order valence-corrected chi connectivity index (χ3v) is 5.31. The topological polar surface area (TPSA) is 70.3 Å². The Morgan fingerprint density at radius 2 is 1.75 bits per heavy atom. The molecule has 4 aromatic rings. The number of carbonyl (C=O) groups excluding carboxylic acids is 1. The lowest BCUT2D eigenvalue weighted by Crippen LogP contribution is -2.15. The summed E-state index contributed by atoms with van der Waals surface area (Å²) < 4.78 is 28.1. The zero-order chi connectivity index (χ0) is 22.1. The van der Waals surface area contributed by atoms with Gasteiger partial charge in [0.05, 0.1) is 35.8 Å². The van der Waals surface area contributed by atoms with Crippen LogP contribution in [0, 0.1) is 5.82 Å². The van der Waals surface area contributed by atoms with Gasteiger partial charge in [-0.05, 0) is 36.4 Å². The summed E-state index contributed by atoms with van der Waals surface area (Å²) in [5.74, 6) is 0.811. The van der Waals surface area contributed by atoms with Crippen LogP contribution in [0.1, 0.15) is 16.8 Å². The largest absolute Gasteiger partial charge is 0.490 e. The summed E-state index contributed by atoms with van der Waals surface area (Å²) in [6.45, 7) is 1.06. The summed E-state index contributed by atoms with van der Waals surface area (Å²) in [6, 6.07) is 12.8. The molecule has 0 bridgehead atoms. The minimum Gasteiger partial charge on any atom is -0.490 e. The van der Waals surface area contributed by atoms with Crippen molar-refractivity contribution < 1.29 is 18.7 Å². The molecule has 0 radical (unpaired) electrons. The molecular formula is C23H18ClFN4O3. The predicted octanol–water partition coefficient (Wildman–Crippen LogP) is 4.87. The van der Waals surface area contributed by atoms with Gasteiger partial charge in [0.1, 0.15) is 11.4 Å². The van der Waals surface area contributed by atoms with Gasteiger partial charge < -0.3 is 19.4 Å². The van der Waals surface area contributed by atoms with Gasteiger partial charge >= 0.3 is 0 Å². The summed E-state index contributed by atoms with van der Waals surface area (Å²) in [5.41, 5.74) is 1.32. The van der Waals surface area contributed by atoms with E-state index in [1.807, 2.05) is 12.1 Å². The first-order chi connectivity index (χ1) is 15.6. The van der Waals surface area contributed by atoms with E-state index in [-0.39, 0.29) is 5.82 Å². The molecule has 0 spiro atoms. The minimum atomic E-state index is -0.404. The molecule has 0 saturated carbocycles. The molecule has 0 fully saturated rings. The zero-order valence-electron chi connectivity index (χ0n) is 16.8. The fraction of sp³-hybridized carbons (Fsp3) is 0.130. The number of anilines is 1. The number of hydrogen-bond acceptors (Lipinski definition) is 4. The number of hydrogen-bond donors (Lipinski definition) is 1. The SMILES string of the molecule is O=C(Nc1cc2c(cc1Cl)OCCCO2)c1cnn(-c2ccc(F)cc2)c1-n1cccc1. The lowest BCUT2D eigenvalue weighted by atomic mass is 10.2. The smallest absolute Gasteiger partial charge is 0.261 e. The molecule has 2 aromatic heterocycles. The number of carbonyl (C=O) groups is 1. The fourth-order valence-electron chi connectivity index (χ4n) is 3.47. The molecule has 1 aliphatic rings. The summed E-state index contributed by atoms with van der Waals surface area (Å²) in [6.07, 6.45) is 5.82. The molecule has 5 rings (SSSR count). The highest BCUT2D eigenvalue weighted by atomic mass is 35.5. The Kier molecular flexibility index (Phi) is 5.28. The van der Waals surface area contributed by atoms with Crippen molar-refractivity contribution in [2.24, 2.45) is 0 Å². The van der Waals surface area contributed by atoms with Crippen LogP contribution in [-0.4, -0.2) is 33.5 Å². The molecule has 32 heavy (non-hydrogen) atoms. The summed E-state index contributed by atoms with van der Waals surface area (Å²) in [7, 11) is 0. The van der Waals surface area contributed by atoms with Crippen LogP contribution < -0.4 is 14.8 Å². The first-order valence-electron chi connectivity index (χ1n) is 9.98. The molecule has 7 nitrogen and oxygen atoms in total. The lowest BCUT2D eigenvalue weighted by molar-refractivity contribution is 0.102. The van der Waals surface area contributed by atoms with Gasteiger partial charge in [-0.1, -0.05) is 11.6 Å². The fourth-order valence-corrected chi connectivity index (χ4v) is 3.67. The molecule has 0 atom stereocenters. The van der Waals surface area contributed by atoms with Crippen LogP contribution in [0.4, 0.5) is 10.1 Å². The van der Waals surface area contributed by atoms with Gasteiger partial charge in [-0.25, -0.2) is 9.07 Å². The van der Waals surface area contributed by atoms with Gasteiger partial charge in [0.15, 0.2) is 17.3 Å². The standard InChI is InChI=1S/C23H18ClFN4O3/c24-18-12-20-21(32-11-3-10-31-20)13-19(18)27-22(30)17-14-26-29(16-6-4-15(25)5-7-16)23(17)28-8-1-2-9-28/h1-2,4-9,12-14H,3,10-11H2,(H,27,30). The molecule has 0 unspecified atom stereocenters. The Labute approximate surface area is 187 Å². The Bertz CT molecular complexity index is 1270. The van der Waals surface area contributed by atoms with Crippen LogP contribution in [0.5, 0.6) is 11.5 Å². The van der Waals surface area contributed by atoms with Crippen molar-refractivity contribution in [1.82, 2.24) is 14.3 Å². The van der Waals surface area contributed by atoms with Gasteiger partial charge in [0, 0.05) is 30.9 Å². The molecule has 1 amide bonds. The first kappa shape index (κ1) is 20.1. The van der Waals surface area contributed by atoms with Crippen molar-refractivity contribution in [2.45, 2.75) is 6.42 Å². The molecule has 0 saturated heterocycles. The Hall–Kier alpha value is -3.78. The van der Waals surface area contributed by atoms with Crippen LogP contribution in [0.2, 0.25) is 5.02 Å². The van der Waals surface area contributed by atoms with Crippen LogP contribution in [0.3, 0.4) is 0 Å². The van der Waals surface area contributed by atoms with Crippen LogP contribution >= 0.6 is 11.6 Å². The van der Waals surface area contributed by atoms with E-state index >= 15 is 0 Å². The quantitative estimate of drug-likeness (QED) is 0.479. The average Bonchev–Trinajstić information content (AvgIpc) is 3.41. The molecule has 9 heteroatoms. The molecule has 3 heterocycles. The van der Waals surface area contributed by atoms with E-state index in [1.165, 1.54) is 18.3 Å². The number of fused-ring (bicyclic) bond motifs is 1. The maximum Gasteiger partial charge on any atom is 0.261 e. The number of halogens is 2. The third-order valence-electron chi connectivity index (χ3n) is 4.99. The van der Waals surface area contributed by atoms with E-state index in [9.17, 15) is 9.18 Å². The Balaban J connectivity index is 1.52. The Morgan fingerprint density at radius 1 is 1.06 bits per heavy atom. The molecular weight excluding hydrogens is 435 g/mol. The normalized spacial score (nSPS) is 12.9. The Morgan fingerprint density at radius 3 is 2.47 bits per heavy atom. The number of aromatic nitrogens is 3. The average molecular weight is 453 g/mol. The number of ether oxygens (including phenoxy) is 2. The monoisotopic (exact) mass is 452 g/mol. The predicted molar refractivity (Wildman–Crippen MR) is 118 cm³/mol. The summed E-state index contributed by atoms with van der Waals surface area (Å²) in [5, 5.41) is 7.54. The van der Waals surface area contributed by atoms with E-state index in [0.29, 0.717) is 52.5 Å². The van der Waals surface area contributed by atoms with Crippen molar-refractivity contribution in [1.29, 1.82) is 0 Å². The number of nitrogens with zero attached hydrogens (tertiary/aromatic N) is 3. The van der Waals surface area contributed by atoms with Gasteiger partial charge in [-0.2, -0.15) is 5.10 Å². The summed E-state index contributed by atoms with van der Waals surface area (Å²) in [4.78, 5) is 13.2. The second-order valence-electron chi connectivity index (χ2n) is 7.14. The highest BCUT2D eigenvalue weighted by Gasteiger charge is 2.22. The molecule has 162 valence electrons. The van der Waals surface area contributed by atoms with Crippen molar-refractivity contribution >= 4 is 23.2 Å². The lowest BCUT2D eigenvalue weighted by Gasteiger charge is -2.14. The van der Waals surface area contributed by atoms with Gasteiger partial charge in [-0.15, -0.1) is 0 Å². The highest BCUT2D eigenvalue weighted by Crippen LogP contribution is 2.38. The van der Waals surface area contributed by atoms with Gasteiger partial charge in [-0.3, -0.25) is 4.79 Å². The van der Waals surface area contributed by atoms with Crippen LogP contribution in [0.15, 0.2) is 67.1 Å². The first-order valence-corrected chi connectivity index (χ1v) is 10.4. The van der Waals surface area contributed by atoms with Crippen molar-refractivity contribution in [3.63, 3.8) is 0 Å². The van der Waals surface area contributed by atoms with Gasteiger partial charge in [0.25, 0.3) is 5.91 Å². The number of nitrogens with one attached hydrogen (secondary N) is 1. The summed E-state index contributed by atoms with van der Waals surface area (Å²) >= 11 is 6.39. The van der Waals surface area contributed by atoms with E-state index < -0.39 is 5.91 Å². The van der Waals surface area contributed by atoms with Crippen LogP contribution in [-0.2, 0) is 0 Å². The van der Waals surface area contributed by atoms with E-state index in [4.69, 9.17) is 21.1 Å². The van der Waals surface area contributed by atoms with Gasteiger partial charge in [0.2, 0.25) is 0 Å². The highest BCUT2D eigenvalue weighted by molar-refractivity contribution is 6.34. The molecule has 2 aromatic carbocycles. The van der Waals surface area contributed by atoms with Crippen molar-refractivity contribution in [3.8, 4) is 23.0 Å². The second-order valence-corrected chi connectivity index (χ2v) is 7.55. The zero-order valence-corrected chi connectivity index (χ0v) is 17.6. The van der Waals surface area contributed by atoms with E-state index in [2.05, 4.69) is 10.4 Å². The van der Waals surface area contributed by atoms with Crippen molar-refractivity contribution in [3.05, 3.63) is 83.5 Å². The maximum atomic E-state index is 13.4. The number of amides is 1. The van der Waals surface area contributed by atoms with E-state index in [0.717, 1.165) is 6.42 Å². The number of benzene rings is 2. The second kappa shape index (κ2) is 8.39. The minimum absolute atomic E-state index is 0.314. The molecule has 0 aliphatic carbocycles. The third kappa shape index (κ3) is 3.80.